The Hall–Kier alpha value is -2.91. The molecule has 0 atom stereocenters. The molecule has 134 valence electrons. The highest BCUT2D eigenvalue weighted by molar-refractivity contribution is 5.78. The molecule has 3 heterocycles. The second-order valence-corrected chi connectivity index (χ2v) is 4.38. The van der Waals surface area contributed by atoms with E-state index in [4.69, 9.17) is 10.4 Å². The van der Waals surface area contributed by atoms with Gasteiger partial charge in [-0.3, -0.25) is 9.97 Å². The average Bonchev–Trinajstić information content (AvgIpc) is 3.06. The number of aryl methyl sites for hydroxylation is 2. The zero-order valence-corrected chi connectivity index (χ0v) is 15.5. The summed E-state index contributed by atoms with van der Waals surface area (Å²) >= 11 is 0. The quantitative estimate of drug-likeness (QED) is 0.557. The van der Waals surface area contributed by atoms with Crippen LogP contribution in [0.3, 0.4) is 0 Å². The summed E-state index contributed by atoms with van der Waals surface area (Å²) in [6.45, 7) is 9.56. The van der Waals surface area contributed by atoms with E-state index >= 15 is 0 Å². The number of terminal acetylenes is 1. The van der Waals surface area contributed by atoms with Crippen LogP contribution in [0.25, 0.3) is 10.9 Å². The van der Waals surface area contributed by atoms with Crippen molar-refractivity contribution < 1.29 is 9.36 Å². The first-order chi connectivity index (χ1) is 12.2. The Morgan fingerprint density at radius 2 is 1.80 bits per heavy atom. The Labute approximate surface area is 149 Å². The smallest absolute Gasteiger partial charge is 0.153 e. The van der Waals surface area contributed by atoms with Crippen molar-refractivity contribution in [2.45, 2.75) is 41.0 Å². The molecule has 0 aliphatic carbocycles. The first-order valence-electron chi connectivity index (χ1n) is 8.00. The third-order valence-electron chi connectivity index (χ3n) is 2.83. The summed E-state index contributed by atoms with van der Waals surface area (Å²) in [7, 11) is 0. The highest BCUT2D eigenvalue weighted by atomic mass is 16.6. The largest absolute Gasteiger partial charge is 0.411 e. The zero-order valence-electron chi connectivity index (χ0n) is 15.5. The molecular weight excluding hydrogens is 316 g/mol. The van der Waals surface area contributed by atoms with Gasteiger partial charge in [-0.1, -0.05) is 25.9 Å². The van der Waals surface area contributed by atoms with Crippen LogP contribution in [0.4, 0.5) is 0 Å². The van der Waals surface area contributed by atoms with Gasteiger partial charge >= 0.3 is 0 Å². The molecule has 0 aliphatic heterocycles. The standard InChI is InChI=1S/C7H6N2O.C7H10N2O.C3H4.C2H6/c1-5-6-2-3-8-4-7(6)9-10-5;1-2-6-5-9-4-3-7(6)10-8;1-3-2;1-2/h2-4H,1H3;3-5H,2,8H2,1H3;1H,2H3;1-2H3. The highest BCUT2D eigenvalue weighted by Gasteiger charge is 2.00. The van der Waals surface area contributed by atoms with E-state index in [1.807, 2.05) is 33.8 Å². The Kier molecular flexibility index (Phi) is 11.9. The molecule has 0 aromatic carbocycles. The van der Waals surface area contributed by atoms with Crippen LogP contribution in [-0.2, 0) is 6.42 Å². The molecule has 0 unspecified atom stereocenters. The predicted octanol–water partition coefficient (Wildman–Crippen LogP) is 4.09. The number of fused-ring (bicyclic) bond motifs is 1. The fraction of sp³-hybridized carbons (Fsp3) is 0.316. The summed E-state index contributed by atoms with van der Waals surface area (Å²) in [5.74, 6) is 8.80. The number of pyridine rings is 2. The van der Waals surface area contributed by atoms with E-state index in [1.54, 1.807) is 37.8 Å². The molecule has 3 aromatic rings. The van der Waals surface area contributed by atoms with Crippen LogP contribution in [0.5, 0.6) is 5.75 Å². The minimum atomic E-state index is 0.706. The van der Waals surface area contributed by atoms with E-state index < -0.39 is 0 Å². The molecule has 0 spiro atoms. The average molecular weight is 342 g/mol. The lowest BCUT2D eigenvalue weighted by molar-refractivity contribution is 0.330. The first-order valence-corrected chi connectivity index (χ1v) is 8.00. The van der Waals surface area contributed by atoms with Gasteiger partial charge in [-0.2, -0.15) is 5.90 Å². The molecule has 0 fully saturated rings. The maximum Gasteiger partial charge on any atom is 0.153 e. The van der Waals surface area contributed by atoms with E-state index in [0.29, 0.717) is 5.75 Å². The molecule has 2 N–H and O–H groups in total. The third kappa shape index (κ3) is 7.46. The minimum absolute atomic E-state index is 0.706. The van der Waals surface area contributed by atoms with Gasteiger partial charge < -0.3 is 9.36 Å². The Morgan fingerprint density at radius 3 is 2.32 bits per heavy atom. The molecule has 0 bridgehead atoms. The molecule has 6 heteroatoms. The van der Waals surface area contributed by atoms with Crippen LogP contribution in [0.2, 0.25) is 0 Å². The fourth-order valence-corrected chi connectivity index (χ4v) is 1.72. The van der Waals surface area contributed by atoms with Gasteiger partial charge in [-0.25, -0.2) is 0 Å². The normalized spacial score (nSPS) is 8.52. The van der Waals surface area contributed by atoms with Crippen molar-refractivity contribution >= 4 is 10.9 Å². The molecule has 0 radical (unpaired) electrons. The van der Waals surface area contributed by atoms with E-state index in [0.717, 1.165) is 28.6 Å². The number of nitrogens with two attached hydrogens (primary N) is 1. The van der Waals surface area contributed by atoms with Gasteiger partial charge in [0.2, 0.25) is 0 Å². The van der Waals surface area contributed by atoms with E-state index in [1.165, 1.54) is 0 Å². The van der Waals surface area contributed by atoms with Crippen molar-refractivity contribution in [2.75, 3.05) is 0 Å². The molecule has 3 aromatic heterocycles. The topological polar surface area (TPSA) is 87.1 Å². The van der Waals surface area contributed by atoms with E-state index in [9.17, 15) is 0 Å². The maximum atomic E-state index is 5.00. The van der Waals surface area contributed by atoms with Gasteiger partial charge in [-0.05, 0) is 26.3 Å². The fourth-order valence-electron chi connectivity index (χ4n) is 1.72. The van der Waals surface area contributed by atoms with Gasteiger partial charge in [0.1, 0.15) is 11.3 Å². The summed E-state index contributed by atoms with van der Waals surface area (Å²) in [6.07, 6.45) is 12.3. The van der Waals surface area contributed by atoms with Crippen LogP contribution in [0.15, 0.2) is 41.4 Å². The van der Waals surface area contributed by atoms with Crippen molar-refractivity contribution in [3.8, 4) is 18.1 Å². The SMILES string of the molecule is C#CC.CC.CCc1cnccc1ON.Cc1onc2cnccc12. The van der Waals surface area contributed by atoms with E-state index in [2.05, 4.69) is 32.3 Å². The lowest BCUT2D eigenvalue weighted by Crippen LogP contribution is -2.04. The Bertz CT molecular complexity index is 740. The van der Waals surface area contributed by atoms with Crippen LogP contribution in [0.1, 0.15) is 39.0 Å². The highest BCUT2D eigenvalue weighted by Crippen LogP contribution is 2.15. The first kappa shape index (κ1) is 22.1. The molecule has 0 saturated carbocycles. The summed E-state index contributed by atoms with van der Waals surface area (Å²) in [6, 6.07) is 3.64. The number of hydrogen-bond acceptors (Lipinski definition) is 6. The van der Waals surface area contributed by atoms with Crippen LogP contribution in [0, 0.1) is 19.3 Å². The Morgan fingerprint density at radius 1 is 1.20 bits per heavy atom. The van der Waals surface area contributed by atoms with Crippen LogP contribution < -0.4 is 10.7 Å². The number of rotatable bonds is 2. The summed E-state index contributed by atoms with van der Waals surface area (Å²) in [5, 5.41) is 4.82. The molecule has 6 nitrogen and oxygen atoms in total. The van der Waals surface area contributed by atoms with Crippen molar-refractivity contribution in [3.05, 3.63) is 48.2 Å². The van der Waals surface area contributed by atoms with Crippen molar-refractivity contribution in [1.29, 1.82) is 0 Å². The van der Waals surface area contributed by atoms with Gasteiger partial charge in [-0.15, -0.1) is 12.3 Å². The minimum Gasteiger partial charge on any atom is -0.411 e. The Balaban J connectivity index is 0.000000368. The summed E-state index contributed by atoms with van der Waals surface area (Å²) < 4.78 is 4.92. The number of hydrogen-bond donors (Lipinski definition) is 1. The van der Waals surface area contributed by atoms with Crippen LogP contribution in [-0.4, -0.2) is 15.1 Å². The zero-order chi connectivity index (χ0) is 19.1. The number of nitrogens with zero attached hydrogens (tertiary/aromatic N) is 3. The molecule has 3 rings (SSSR count). The van der Waals surface area contributed by atoms with Gasteiger partial charge in [0, 0.05) is 35.6 Å². The van der Waals surface area contributed by atoms with Crippen LogP contribution >= 0.6 is 0 Å². The summed E-state index contributed by atoms with van der Waals surface area (Å²) in [4.78, 5) is 12.4. The maximum absolute atomic E-state index is 5.00. The molecule has 25 heavy (non-hydrogen) atoms. The van der Waals surface area contributed by atoms with Crippen molar-refractivity contribution in [1.82, 2.24) is 15.1 Å². The monoisotopic (exact) mass is 342 g/mol. The van der Waals surface area contributed by atoms with Gasteiger partial charge in [0.15, 0.2) is 5.75 Å². The second-order valence-electron chi connectivity index (χ2n) is 4.38. The van der Waals surface area contributed by atoms with E-state index in [-0.39, 0.29) is 0 Å². The third-order valence-corrected chi connectivity index (χ3v) is 2.83. The van der Waals surface area contributed by atoms with Crippen molar-refractivity contribution in [2.24, 2.45) is 5.90 Å². The molecular formula is C19H26N4O2. The van der Waals surface area contributed by atoms with Crippen molar-refractivity contribution in [3.63, 3.8) is 0 Å². The lowest BCUT2D eigenvalue weighted by atomic mass is 10.2. The molecule has 0 saturated heterocycles. The van der Waals surface area contributed by atoms with Gasteiger partial charge in [0.25, 0.3) is 0 Å². The molecule has 0 aliphatic rings. The summed E-state index contributed by atoms with van der Waals surface area (Å²) in [5.41, 5.74) is 1.85. The molecule has 0 amide bonds. The van der Waals surface area contributed by atoms with Gasteiger partial charge in [0.05, 0.1) is 6.20 Å². The second kappa shape index (κ2) is 13.5. The number of aromatic nitrogens is 3. The predicted molar refractivity (Wildman–Crippen MR) is 101 cm³/mol. The lowest BCUT2D eigenvalue weighted by Gasteiger charge is -2.01.